The molecule has 10 heteroatoms. The molecule has 0 aliphatic carbocycles. The predicted molar refractivity (Wildman–Crippen MR) is 125 cm³/mol. The summed E-state index contributed by atoms with van der Waals surface area (Å²) in [4.78, 5) is 29.3. The number of anilines is 1. The molecule has 0 spiro atoms. The number of rotatable bonds is 4. The lowest BCUT2D eigenvalue weighted by Crippen LogP contribution is -2.43. The molecule has 7 nitrogen and oxygen atoms in total. The minimum atomic E-state index is -4.42. The summed E-state index contributed by atoms with van der Waals surface area (Å²) in [6.07, 6.45) is -2.75. The average Bonchev–Trinajstić information content (AvgIpc) is 3.51. The fourth-order valence-corrected chi connectivity index (χ4v) is 4.80. The Labute approximate surface area is 205 Å². The Morgan fingerprint density at radius 1 is 1.03 bits per heavy atom. The van der Waals surface area contributed by atoms with Gasteiger partial charge in [0.15, 0.2) is 0 Å². The van der Waals surface area contributed by atoms with Crippen LogP contribution in [0, 0.1) is 12.8 Å². The highest BCUT2D eigenvalue weighted by atomic mass is 19.4. The Kier molecular flexibility index (Phi) is 6.27. The van der Waals surface area contributed by atoms with Crippen LogP contribution in [-0.4, -0.2) is 46.5 Å². The minimum absolute atomic E-state index is 0.0647. The zero-order valence-corrected chi connectivity index (χ0v) is 19.7. The standard InChI is InChI=1S/C26H25F3N4O3/c1-16-4-10-21(11-5-16)33-15-19(13-22(33)34)25(35)32-12-2-3-18(14-32)24-31-30-23(36-24)17-6-8-20(9-7-17)26(27,28)29/h4-11,18-19H,2-3,12-15H2,1H3. The van der Waals surface area contributed by atoms with E-state index < -0.39 is 17.7 Å². The summed E-state index contributed by atoms with van der Waals surface area (Å²) in [5, 5.41) is 8.12. The molecule has 1 aromatic heterocycles. The van der Waals surface area contributed by atoms with Gasteiger partial charge in [-0.1, -0.05) is 17.7 Å². The molecule has 36 heavy (non-hydrogen) atoms. The van der Waals surface area contributed by atoms with Crippen LogP contribution in [0.5, 0.6) is 0 Å². The van der Waals surface area contributed by atoms with Crippen molar-refractivity contribution in [1.29, 1.82) is 0 Å². The average molecular weight is 499 g/mol. The van der Waals surface area contributed by atoms with E-state index in [2.05, 4.69) is 10.2 Å². The Morgan fingerprint density at radius 2 is 1.75 bits per heavy atom. The number of benzene rings is 2. The fraction of sp³-hybridized carbons (Fsp3) is 0.385. The summed E-state index contributed by atoms with van der Waals surface area (Å²) < 4.78 is 44.3. The molecule has 0 radical (unpaired) electrons. The lowest BCUT2D eigenvalue weighted by atomic mass is 9.96. The van der Waals surface area contributed by atoms with Gasteiger partial charge in [0.1, 0.15) is 0 Å². The number of hydrogen-bond donors (Lipinski definition) is 0. The van der Waals surface area contributed by atoms with Crippen molar-refractivity contribution in [2.45, 2.75) is 38.3 Å². The van der Waals surface area contributed by atoms with Crippen LogP contribution < -0.4 is 4.90 Å². The monoisotopic (exact) mass is 498 g/mol. The molecule has 5 rings (SSSR count). The first-order valence-electron chi connectivity index (χ1n) is 11.9. The van der Waals surface area contributed by atoms with Crippen LogP contribution in [0.1, 0.15) is 42.2 Å². The maximum Gasteiger partial charge on any atom is 0.416 e. The maximum atomic E-state index is 13.3. The van der Waals surface area contributed by atoms with E-state index in [0.29, 0.717) is 31.1 Å². The van der Waals surface area contributed by atoms with Crippen LogP contribution >= 0.6 is 0 Å². The van der Waals surface area contributed by atoms with Gasteiger partial charge in [-0.15, -0.1) is 10.2 Å². The molecule has 3 heterocycles. The van der Waals surface area contributed by atoms with Crippen molar-refractivity contribution >= 4 is 17.5 Å². The summed E-state index contributed by atoms with van der Waals surface area (Å²) in [5.41, 5.74) is 1.53. The fourth-order valence-electron chi connectivity index (χ4n) is 4.80. The van der Waals surface area contributed by atoms with E-state index in [0.717, 1.165) is 36.2 Å². The van der Waals surface area contributed by atoms with Crippen molar-refractivity contribution in [1.82, 2.24) is 15.1 Å². The smallest absolute Gasteiger partial charge is 0.416 e. The van der Waals surface area contributed by atoms with Crippen LogP contribution in [0.3, 0.4) is 0 Å². The van der Waals surface area contributed by atoms with Gasteiger partial charge >= 0.3 is 6.18 Å². The summed E-state index contributed by atoms with van der Waals surface area (Å²) in [5.74, 6) is -0.232. The third-order valence-corrected chi connectivity index (χ3v) is 6.80. The van der Waals surface area contributed by atoms with Gasteiger partial charge in [-0.2, -0.15) is 13.2 Å². The number of halogens is 3. The van der Waals surface area contributed by atoms with Gasteiger partial charge in [-0.05, 0) is 56.2 Å². The normalized spacial score (nSPS) is 20.7. The zero-order valence-electron chi connectivity index (χ0n) is 19.7. The summed E-state index contributed by atoms with van der Waals surface area (Å²) in [7, 11) is 0. The molecule has 2 saturated heterocycles. The molecule has 2 unspecified atom stereocenters. The number of hydrogen-bond acceptors (Lipinski definition) is 5. The molecule has 0 saturated carbocycles. The lowest BCUT2D eigenvalue weighted by Gasteiger charge is -2.32. The third-order valence-electron chi connectivity index (χ3n) is 6.80. The second kappa shape index (κ2) is 9.40. The zero-order chi connectivity index (χ0) is 25.4. The second-order valence-electron chi connectivity index (χ2n) is 9.38. The van der Waals surface area contributed by atoms with Gasteiger partial charge in [-0.25, -0.2) is 0 Å². The highest BCUT2D eigenvalue weighted by Crippen LogP contribution is 2.33. The number of aryl methyl sites for hydroxylation is 1. The SMILES string of the molecule is Cc1ccc(N2CC(C(=O)N3CCCC(c4nnc(-c5ccc(C(F)(F)F)cc5)o4)C3)CC2=O)cc1. The number of amides is 2. The molecular weight excluding hydrogens is 473 g/mol. The number of piperidine rings is 1. The largest absolute Gasteiger partial charge is 0.420 e. The minimum Gasteiger partial charge on any atom is -0.420 e. The van der Waals surface area contributed by atoms with Gasteiger partial charge in [0.05, 0.1) is 17.4 Å². The molecule has 3 aromatic rings. The molecule has 2 aromatic carbocycles. The van der Waals surface area contributed by atoms with Crippen LogP contribution in [0.25, 0.3) is 11.5 Å². The highest BCUT2D eigenvalue weighted by molar-refractivity contribution is 6.00. The number of nitrogens with zero attached hydrogens (tertiary/aromatic N) is 4. The lowest BCUT2D eigenvalue weighted by molar-refractivity contribution is -0.138. The molecule has 2 amide bonds. The van der Waals surface area contributed by atoms with Gasteiger partial charge in [0, 0.05) is 37.3 Å². The summed E-state index contributed by atoms with van der Waals surface area (Å²) in [6.45, 7) is 3.30. The van der Waals surface area contributed by atoms with Crippen molar-refractivity contribution in [3.63, 3.8) is 0 Å². The van der Waals surface area contributed by atoms with Crippen LogP contribution in [0.4, 0.5) is 18.9 Å². The Balaban J connectivity index is 1.24. The topological polar surface area (TPSA) is 79.5 Å². The molecule has 2 atom stereocenters. The van der Waals surface area contributed by atoms with Crippen LogP contribution in [-0.2, 0) is 15.8 Å². The summed E-state index contributed by atoms with van der Waals surface area (Å²) >= 11 is 0. The van der Waals surface area contributed by atoms with Crippen molar-refractivity contribution in [3.05, 3.63) is 65.5 Å². The Hall–Kier alpha value is -3.69. The van der Waals surface area contributed by atoms with Crippen molar-refractivity contribution in [2.24, 2.45) is 5.92 Å². The van der Waals surface area contributed by atoms with Gasteiger partial charge in [0.25, 0.3) is 0 Å². The maximum absolute atomic E-state index is 13.3. The number of likely N-dealkylation sites (tertiary alicyclic amines) is 1. The van der Waals surface area contributed by atoms with Crippen LogP contribution in [0.2, 0.25) is 0 Å². The second-order valence-corrected chi connectivity index (χ2v) is 9.38. The van der Waals surface area contributed by atoms with E-state index in [9.17, 15) is 22.8 Å². The van der Waals surface area contributed by atoms with Gasteiger partial charge < -0.3 is 14.2 Å². The van der Waals surface area contributed by atoms with Crippen molar-refractivity contribution in [3.8, 4) is 11.5 Å². The predicted octanol–water partition coefficient (Wildman–Crippen LogP) is 4.82. The van der Waals surface area contributed by atoms with E-state index >= 15 is 0 Å². The Morgan fingerprint density at radius 3 is 2.44 bits per heavy atom. The molecule has 0 bridgehead atoms. The highest BCUT2D eigenvalue weighted by Gasteiger charge is 2.39. The van der Waals surface area contributed by atoms with Gasteiger partial charge in [0.2, 0.25) is 23.6 Å². The number of alkyl halides is 3. The van der Waals surface area contributed by atoms with Gasteiger partial charge in [-0.3, -0.25) is 9.59 Å². The molecular formula is C26H25F3N4O3. The first-order chi connectivity index (χ1) is 17.2. The van der Waals surface area contributed by atoms with Crippen molar-refractivity contribution in [2.75, 3.05) is 24.5 Å². The van der Waals surface area contributed by atoms with Crippen molar-refractivity contribution < 1.29 is 27.2 Å². The number of aromatic nitrogens is 2. The molecule has 2 aliphatic heterocycles. The van der Waals surface area contributed by atoms with E-state index in [1.165, 1.54) is 12.1 Å². The molecule has 2 fully saturated rings. The first-order valence-corrected chi connectivity index (χ1v) is 11.9. The summed E-state index contributed by atoms with van der Waals surface area (Å²) in [6, 6.07) is 12.2. The molecule has 188 valence electrons. The Bertz CT molecular complexity index is 1250. The quantitative estimate of drug-likeness (QED) is 0.515. The number of carbonyl (C=O) groups is 2. The van der Waals surface area contributed by atoms with E-state index in [4.69, 9.17) is 4.42 Å². The van der Waals surface area contributed by atoms with E-state index in [-0.39, 0.29) is 30.0 Å². The van der Waals surface area contributed by atoms with E-state index in [1.54, 1.807) is 9.80 Å². The van der Waals surface area contributed by atoms with Crippen LogP contribution in [0.15, 0.2) is 52.9 Å². The molecule has 2 aliphatic rings. The third kappa shape index (κ3) is 4.84. The number of carbonyl (C=O) groups excluding carboxylic acids is 2. The molecule has 0 N–H and O–H groups in total. The first kappa shape index (κ1) is 24.0. The van der Waals surface area contributed by atoms with E-state index in [1.807, 2.05) is 31.2 Å².